The molecule has 0 aromatic rings. The molecule has 0 amide bonds. The van der Waals surface area contributed by atoms with E-state index in [1.165, 1.54) is 0 Å². The van der Waals surface area contributed by atoms with Crippen LogP contribution in [-0.4, -0.2) is 38.3 Å². The van der Waals surface area contributed by atoms with Crippen LogP contribution in [0, 0.1) is 17.2 Å². The third-order valence-corrected chi connectivity index (χ3v) is 2.23. The predicted molar refractivity (Wildman–Crippen MR) is 42.0 cm³/mol. The van der Waals surface area contributed by atoms with Crippen molar-refractivity contribution in [1.29, 1.82) is 5.26 Å². The molecule has 1 saturated heterocycles. The minimum absolute atomic E-state index is 0.208. The lowest BCUT2D eigenvalue weighted by Gasteiger charge is -2.17. The minimum Gasteiger partial charge on any atom is -0.383 e. The number of likely N-dealkylation sites (N-methyl/N-ethyl adjacent to an activating group) is 1. The van der Waals surface area contributed by atoms with E-state index in [1.54, 1.807) is 7.11 Å². The van der Waals surface area contributed by atoms with E-state index in [1.807, 2.05) is 7.05 Å². The van der Waals surface area contributed by atoms with Gasteiger partial charge in [-0.1, -0.05) is 0 Å². The molecule has 0 saturated carbocycles. The first kappa shape index (κ1) is 8.51. The minimum atomic E-state index is 0.208. The third-order valence-electron chi connectivity index (χ3n) is 2.23. The molecule has 62 valence electrons. The van der Waals surface area contributed by atoms with Gasteiger partial charge in [0.2, 0.25) is 0 Å². The standard InChI is InChI=1S/C8H14N2O/c1-10-5-7(4-9)3-8(10)6-11-2/h7-8H,3,5-6H2,1-2H3/t7-,8-/m0/s1. The first-order valence-corrected chi connectivity index (χ1v) is 3.86. The number of nitrogens with zero attached hydrogens (tertiary/aromatic N) is 2. The second kappa shape index (κ2) is 3.70. The van der Waals surface area contributed by atoms with Crippen LogP contribution in [0.3, 0.4) is 0 Å². The normalized spacial score (nSPS) is 32.1. The number of hydrogen-bond donors (Lipinski definition) is 0. The van der Waals surface area contributed by atoms with Crippen LogP contribution < -0.4 is 0 Å². The molecule has 1 fully saturated rings. The zero-order valence-electron chi connectivity index (χ0n) is 7.08. The molecule has 11 heavy (non-hydrogen) atoms. The van der Waals surface area contributed by atoms with Gasteiger partial charge in [0.1, 0.15) is 0 Å². The molecule has 1 heterocycles. The summed E-state index contributed by atoms with van der Waals surface area (Å²) >= 11 is 0. The lowest BCUT2D eigenvalue weighted by atomic mass is 10.1. The van der Waals surface area contributed by atoms with Gasteiger partial charge in [-0.2, -0.15) is 5.26 Å². The van der Waals surface area contributed by atoms with Crippen LogP contribution in [0.5, 0.6) is 0 Å². The van der Waals surface area contributed by atoms with Crippen molar-refractivity contribution in [1.82, 2.24) is 4.90 Å². The summed E-state index contributed by atoms with van der Waals surface area (Å²) in [5, 5.41) is 8.65. The molecule has 3 nitrogen and oxygen atoms in total. The van der Waals surface area contributed by atoms with Crippen molar-refractivity contribution in [2.45, 2.75) is 12.5 Å². The average molecular weight is 154 g/mol. The van der Waals surface area contributed by atoms with Crippen molar-refractivity contribution in [3.63, 3.8) is 0 Å². The van der Waals surface area contributed by atoms with Crippen LogP contribution in [0.25, 0.3) is 0 Å². The van der Waals surface area contributed by atoms with Crippen molar-refractivity contribution in [3.05, 3.63) is 0 Å². The molecule has 0 unspecified atom stereocenters. The first-order valence-electron chi connectivity index (χ1n) is 3.86. The summed E-state index contributed by atoms with van der Waals surface area (Å²) in [6.45, 7) is 1.64. The third kappa shape index (κ3) is 1.92. The zero-order valence-corrected chi connectivity index (χ0v) is 7.08. The highest BCUT2D eigenvalue weighted by Gasteiger charge is 2.28. The van der Waals surface area contributed by atoms with E-state index in [4.69, 9.17) is 10.00 Å². The molecule has 0 aromatic heterocycles. The molecular formula is C8H14N2O. The maximum absolute atomic E-state index is 8.65. The SMILES string of the molecule is COC[C@@H]1C[C@@H](C#N)CN1C. The van der Waals surface area contributed by atoms with Crippen LogP contribution in [0.15, 0.2) is 0 Å². The highest BCUT2D eigenvalue weighted by Crippen LogP contribution is 2.20. The highest BCUT2D eigenvalue weighted by atomic mass is 16.5. The molecule has 0 spiro atoms. The van der Waals surface area contributed by atoms with Crippen molar-refractivity contribution >= 4 is 0 Å². The summed E-state index contributed by atoms with van der Waals surface area (Å²) in [6, 6.07) is 2.73. The maximum Gasteiger partial charge on any atom is 0.0669 e. The smallest absolute Gasteiger partial charge is 0.0669 e. The van der Waals surface area contributed by atoms with Gasteiger partial charge < -0.3 is 4.74 Å². The van der Waals surface area contributed by atoms with Gasteiger partial charge in [0.25, 0.3) is 0 Å². The molecule has 0 N–H and O–H groups in total. The Labute approximate surface area is 67.6 Å². The number of nitriles is 1. The number of methoxy groups -OCH3 is 1. The summed E-state index contributed by atoms with van der Waals surface area (Å²) in [6.07, 6.45) is 0.959. The Bertz CT molecular complexity index is 164. The summed E-state index contributed by atoms with van der Waals surface area (Å²) < 4.78 is 5.04. The van der Waals surface area contributed by atoms with Gasteiger partial charge in [-0.25, -0.2) is 0 Å². The molecular weight excluding hydrogens is 140 g/mol. The fourth-order valence-corrected chi connectivity index (χ4v) is 1.56. The number of ether oxygens (including phenoxy) is 1. The summed E-state index contributed by atoms with van der Waals surface area (Å²) in [5.74, 6) is 0.208. The van der Waals surface area contributed by atoms with Crippen molar-refractivity contribution in [3.8, 4) is 6.07 Å². The van der Waals surface area contributed by atoms with E-state index in [0.29, 0.717) is 6.04 Å². The summed E-state index contributed by atoms with van der Waals surface area (Å²) in [5.41, 5.74) is 0. The van der Waals surface area contributed by atoms with E-state index in [0.717, 1.165) is 19.6 Å². The van der Waals surface area contributed by atoms with E-state index < -0.39 is 0 Å². The van der Waals surface area contributed by atoms with E-state index in [9.17, 15) is 0 Å². The van der Waals surface area contributed by atoms with Gasteiger partial charge in [-0.15, -0.1) is 0 Å². The fourth-order valence-electron chi connectivity index (χ4n) is 1.56. The van der Waals surface area contributed by atoms with Crippen molar-refractivity contribution in [2.24, 2.45) is 5.92 Å². The molecule has 3 heteroatoms. The Morgan fingerprint density at radius 3 is 2.91 bits per heavy atom. The zero-order chi connectivity index (χ0) is 8.27. The van der Waals surface area contributed by atoms with Crippen LogP contribution in [0.2, 0.25) is 0 Å². The Kier molecular flexibility index (Phi) is 2.86. The Hall–Kier alpha value is -0.590. The Balaban J connectivity index is 2.40. The fraction of sp³-hybridized carbons (Fsp3) is 0.875. The molecule has 1 rings (SSSR count). The van der Waals surface area contributed by atoms with Gasteiger partial charge in [-0.05, 0) is 13.5 Å². The molecule has 2 atom stereocenters. The van der Waals surface area contributed by atoms with Gasteiger partial charge in [-0.3, -0.25) is 4.90 Å². The molecule has 1 aliphatic rings. The first-order chi connectivity index (χ1) is 5.27. The van der Waals surface area contributed by atoms with Crippen LogP contribution in [0.1, 0.15) is 6.42 Å². The van der Waals surface area contributed by atoms with Crippen LogP contribution >= 0.6 is 0 Å². The summed E-state index contributed by atoms with van der Waals surface area (Å²) in [7, 11) is 3.74. The topological polar surface area (TPSA) is 36.3 Å². The van der Waals surface area contributed by atoms with E-state index >= 15 is 0 Å². The number of rotatable bonds is 2. The maximum atomic E-state index is 8.65. The van der Waals surface area contributed by atoms with Crippen LogP contribution in [0.4, 0.5) is 0 Å². The quantitative estimate of drug-likeness (QED) is 0.580. The second-order valence-corrected chi connectivity index (χ2v) is 3.11. The predicted octanol–water partition coefficient (Wildman–Crippen LogP) is 0.477. The van der Waals surface area contributed by atoms with Crippen LogP contribution in [-0.2, 0) is 4.74 Å². The molecule has 0 bridgehead atoms. The van der Waals surface area contributed by atoms with E-state index in [-0.39, 0.29) is 5.92 Å². The van der Waals surface area contributed by atoms with Gasteiger partial charge in [0, 0.05) is 19.7 Å². The van der Waals surface area contributed by atoms with Gasteiger partial charge in [0.05, 0.1) is 18.6 Å². The number of likely N-dealkylation sites (tertiary alicyclic amines) is 1. The molecule has 0 radical (unpaired) electrons. The van der Waals surface area contributed by atoms with E-state index in [2.05, 4.69) is 11.0 Å². The Morgan fingerprint density at radius 1 is 1.73 bits per heavy atom. The Morgan fingerprint density at radius 2 is 2.45 bits per heavy atom. The largest absolute Gasteiger partial charge is 0.383 e. The molecule has 1 aliphatic heterocycles. The molecule has 0 aromatic carbocycles. The molecule has 0 aliphatic carbocycles. The highest BCUT2D eigenvalue weighted by molar-refractivity contribution is 4.94. The average Bonchev–Trinajstić information content (AvgIpc) is 2.33. The van der Waals surface area contributed by atoms with Crippen molar-refractivity contribution < 1.29 is 4.74 Å². The van der Waals surface area contributed by atoms with Crippen molar-refractivity contribution in [2.75, 3.05) is 27.3 Å². The number of hydrogen-bond acceptors (Lipinski definition) is 3. The van der Waals surface area contributed by atoms with Gasteiger partial charge >= 0.3 is 0 Å². The lowest BCUT2D eigenvalue weighted by molar-refractivity contribution is 0.129. The second-order valence-electron chi connectivity index (χ2n) is 3.11. The monoisotopic (exact) mass is 154 g/mol. The lowest BCUT2D eigenvalue weighted by Crippen LogP contribution is -2.28. The van der Waals surface area contributed by atoms with Gasteiger partial charge in [0.15, 0.2) is 0 Å². The summed E-state index contributed by atoms with van der Waals surface area (Å²) in [4.78, 5) is 2.19.